The van der Waals surface area contributed by atoms with Crippen molar-refractivity contribution in [1.29, 1.82) is 0 Å². The number of hydrogen-bond donors (Lipinski definition) is 3. The van der Waals surface area contributed by atoms with Gasteiger partial charge in [0.25, 0.3) is 17.7 Å². The summed E-state index contributed by atoms with van der Waals surface area (Å²) in [6, 6.07) is 32.0. The van der Waals surface area contributed by atoms with E-state index in [0.717, 1.165) is 23.3 Å². The molecule has 5 aromatic rings. The SMILES string of the molecule is Cc1ccc(C(=O)Nc2ccc(CNC(=O)c3cccc(NC(=O)c4ccccc4-c4ccc(C(F)(F)F)cc4)c3)cc2)cc1. The summed E-state index contributed by atoms with van der Waals surface area (Å²) in [5, 5.41) is 8.47. The molecule has 3 N–H and O–H groups in total. The standard InChI is InChI=1S/C36H28F3N3O3/c1-23-9-13-26(14-10-23)34(44)41-29-19-11-24(12-20-29)22-40-33(43)27-5-4-6-30(21-27)42-35(45)32-8-3-2-7-31(32)25-15-17-28(18-16-25)36(37,38)39/h2-21H,22H2,1H3,(H,40,43)(H,41,44)(H,42,45). The number of halogens is 3. The maximum absolute atomic E-state index is 13.2. The molecule has 0 radical (unpaired) electrons. The van der Waals surface area contributed by atoms with Crippen LogP contribution in [0.2, 0.25) is 0 Å². The van der Waals surface area contributed by atoms with Crippen LogP contribution in [0.4, 0.5) is 24.5 Å². The first-order chi connectivity index (χ1) is 21.6. The number of alkyl halides is 3. The Balaban J connectivity index is 1.19. The van der Waals surface area contributed by atoms with E-state index in [9.17, 15) is 27.6 Å². The molecule has 0 aliphatic rings. The van der Waals surface area contributed by atoms with Crippen LogP contribution in [0.25, 0.3) is 11.1 Å². The molecular weight excluding hydrogens is 579 g/mol. The summed E-state index contributed by atoms with van der Waals surface area (Å²) in [6.45, 7) is 2.19. The molecule has 0 fully saturated rings. The summed E-state index contributed by atoms with van der Waals surface area (Å²) in [4.78, 5) is 38.5. The van der Waals surface area contributed by atoms with Crippen LogP contribution in [0.3, 0.4) is 0 Å². The van der Waals surface area contributed by atoms with Gasteiger partial charge in [-0.05, 0) is 84.3 Å². The lowest BCUT2D eigenvalue weighted by atomic mass is 9.98. The summed E-state index contributed by atoms with van der Waals surface area (Å²) in [6.07, 6.45) is -4.46. The molecule has 0 unspecified atom stereocenters. The molecule has 0 aromatic heterocycles. The zero-order chi connectivity index (χ0) is 32.0. The van der Waals surface area contributed by atoms with E-state index in [1.165, 1.54) is 18.2 Å². The third-order valence-corrected chi connectivity index (χ3v) is 7.06. The normalized spacial score (nSPS) is 11.0. The lowest BCUT2D eigenvalue weighted by Crippen LogP contribution is -2.23. The molecule has 0 spiro atoms. The zero-order valence-electron chi connectivity index (χ0n) is 24.1. The molecule has 45 heavy (non-hydrogen) atoms. The molecule has 0 heterocycles. The third-order valence-electron chi connectivity index (χ3n) is 7.06. The first kappa shape index (κ1) is 30.7. The van der Waals surface area contributed by atoms with Gasteiger partial charge in [0.15, 0.2) is 0 Å². The van der Waals surface area contributed by atoms with Crippen molar-refractivity contribution in [3.63, 3.8) is 0 Å². The van der Waals surface area contributed by atoms with E-state index in [1.807, 2.05) is 19.1 Å². The van der Waals surface area contributed by atoms with Crippen LogP contribution in [0.5, 0.6) is 0 Å². The van der Waals surface area contributed by atoms with Crippen molar-refractivity contribution < 1.29 is 27.6 Å². The van der Waals surface area contributed by atoms with Gasteiger partial charge in [-0.1, -0.05) is 66.2 Å². The van der Waals surface area contributed by atoms with Crippen molar-refractivity contribution in [3.8, 4) is 11.1 Å². The largest absolute Gasteiger partial charge is 0.416 e. The van der Waals surface area contributed by atoms with Gasteiger partial charge < -0.3 is 16.0 Å². The Bertz CT molecular complexity index is 1830. The summed E-state index contributed by atoms with van der Waals surface area (Å²) in [5.41, 5.74) is 4.19. The van der Waals surface area contributed by atoms with Crippen molar-refractivity contribution >= 4 is 29.1 Å². The minimum atomic E-state index is -4.46. The smallest absolute Gasteiger partial charge is 0.348 e. The fourth-order valence-corrected chi connectivity index (χ4v) is 4.61. The van der Waals surface area contributed by atoms with E-state index in [2.05, 4.69) is 16.0 Å². The summed E-state index contributed by atoms with van der Waals surface area (Å²) < 4.78 is 39.0. The van der Waals surface area contributed by atoms with Gasteiger partial charge in [-0.25, -0.2) is 0 Å². The fourth-order valence-electron chi connectivity index (χ4n) is 4.61. The van der Waals surface area contributed by atoms with Crippen LogP contribution in [-0.4, -0.2) is 17.7 Å². The predicted molar refractivity (Wildman–Crippen MR) is 168 cm³/mol. The molecule has 0 saturated heterocycles. The quantitative estimate of drug-likeness (QED) is 0.167. The van der Waals surface area contributed by atoms with Crippen molar-refractivity contribution in [2.45, 2.75) is 19.6 Å². The van der Waals surface area contributed by atoms with Crippen LogP contribution in [-0.2, 0) is 12.7 Å². The van der Waals surface area contributed by atoms with E-state index >= 15 is 0 Å². The summed E-state index contributed by atoms with van der Waals surface area (Å²) >= 11 is 0. The molecule has 6 nitrogen and oxygen atoms in total. The second-order valence-electron chi connectivity index (χ2n) is 10.4. The Kier molecular flexibility index (Phi) is 9.09. The number of anilines is 2. The van der Waals surface area contributed by atoms with Crippen LogP contribution >= 0.6 is 0 Å². The highest BCUT2D eigenvalue weighted by Gasteiger charge is 2.30. The number of carbonyl (C=O) groups excluding carboxylic acids is 3. The fraction of sp³-hybridized carbons (Fsp3) is 0.0833. The van der Waals surface area contributed by atoms with E-state index in [1.54, 1.807) is 78.9 Å². The van der Waals surface area contributed by atoms with Crippen molar-refractivity contribution in [3.05, 3.63) is 155 Å². The number of nitrogens with one attached hydrogen (secondary N) is 3. The van der Waals surface area contributed by atoms with Gasteiger partial charge in [0.1, 0.15) is 0 Å². The molecule has 0 bridgehead atoms. The summed E-state index contributed by atoms with van der Waals surface area (Å²) in [5.74, 6) is -1.04. The van der Waals surface area contributed by atoms with Crippen LogP contribution in [0, 0.1) is 6.92 Å². The number of rotatable bonds is 8. The average molecular weight is 608 g/mol. The first-order valence-electron chi connectivity index (χ1n) is 14.0. The minimum absolute atomic E-state index is 0.217. The van der Waals surface area contributed by atoms with Crippen molar-refractivity contribution in [2.75, 3.05) is 10.6 Å². The zero-order valence-corrected chi connectivity index (χ0v) is 24.1. The van der Waals surface area contributed by atoms with Gasteiger partial charge in [-0.15, -0.1) is 0 Å². The van der Waals surface area contributed by atoms with Crippen LogP contribution < -0.4 is 16.0 Å². The van der Waals surface area contributed by atoms with Gasteiger partial charge in [-0.3, -0.25) is 14.4 Å². The van der Waals surface area contributed by atoms with Crippen LogP contribution in [0.1, 0.15) is 47.8 Å². The monoisotopic (exact) mass is 607 g/mol. The van der Waals surface area contributed by atoms with Crippen molar-refractivity contribution in [1.82, 2.24) is 5.32 Å². The Morgan fingerprint density at radius 2 is 1.29 bits per heavy atom. The first-order valence-corrected chi connectivity index (χ1v) is 14.0. The molecule has 0 aliphatic carbocycles. The Labute approximate surface area is 257 Å². The number of benzene rings is 5. The van der Waals surface area contributed by atoms with E-state index < -0.39 is 17.6 Å². The number of aryl methyl sites for hydroxylation is 1. The highest BCUT2D eigenvalue weighted by Crippen LogP contribution is 2.32. The highest BCUT2D eigenvalue weighted by molar-refractivity contribution is 6.09. The number of hydrogen-bond acceptors (Lipinski definition) is 3. The average Bonchev–Trinajstić information content (AvgIpc) is 3.04. The molecule has 0 saturated carbocycles. The molecule has 5 aromatic carbocycles. The van der Waals surface area contributed by atoms with E-state index in [0.29, 0.717) is 33.6 Å². The Morgan fingerprint density at radius 1 is 0.622 bits per heavy atom. The molecule has 0 atom stereocenters. The topological polar surface area (TPSA) is 87.3 Å². The van der Waals surface area contributed by atoms with E-state index in [-0.39, 0.29) is 23.9 Å². The number of carbonyl (C=O) groups is 3. The van der Waals surface area contributed by atoms with Gasteiger partial charge in [0, 0.05) is 34.6 Å². The summed E-state index contributed by atoms with van der Waals surface area (Å²) in [7, 11) is 0. The maximum atomic E-state index is 13.2. The van der Waals surface area contributed by atoms with Crippen molar-refractivity contribution in [2.24, 2.45) is 0 Å². The van der Waals surface area contributed by atoms with Gasteiger partial charge in [0.05, 0.1) is 5.56 Å². The molecule has 3 amide bonds. The molecule has 226 valence electrons. The molecular formula is C36H28F3N3O3. The Hall–Kier alpha value is -5.70. The van der Waals surface area contributed by atoms with Gasteiger partial charge in [-0.2, -0.15) is 13.2 Å². The maximum Gasteiger partial charge on any atom is 0.416 e. The van der Waals surface area contributed by atoms with Gasteiger partial charge in [0.2, 0.25) is 0 Å². The van der Waals surface area contributed by atoms with Gasteiger partial charge >= 0.3 is 6.18 Å². The molecule has 5 rings (SSSR count). The lowest BCUT2D eigenvalue weighted by molar-refractivity contribution is -0.137. The minimum Gasteiger partial charge on any atom is -0.348 e. The second kappa shape index (κ2) is 13.3. The predicted octanol–water partition coefficient (Wildman–Crippen LogP) is 8.12. The Morgan fingerprint density at radius 3 is 1.98 bits per heavy atom. The lowest BCUT2D eigenvalue weighted by Gasteiger charge is -2.13. The highest BCUT2D eigenvalue weighted by atomic mass is 19.4. The molecule has 9 heteroatoms. The molecule has 0 aliphatic heterocycles. The number of amides is 3. The second-order valence-corrected chi connectivity index (χ2v) is 10.4. The van der Waals surface area contributed by atoms with E-state index in [4.69, 9.17) is 0 Å². The van der Waals surface area contributed by atoms with Crippen LogP contribution in [0.15, 0.2) is 121 Å². The third kappa shape index (κ3) is 7.83.